The molecule has 0 saturated heterocycles. The molecular formula is C10H8F2O. The molecule has 3 heteroatoms. The van der Waals surface area contributed by atoms with Crippen LogP contribution in [-0.2, 0) is 4.79 Å². The molecule has 0 saturated carbocycles. The van der Waals surface area contributed by atoms with E-state index in [9.17, 15) is 13.6 Å². The molecule has 1 aromatic carbocycles. The first-order chi connectivity index (χ1) is 6.13. The summed E-state index contributed by atoms with van der Waals surface area (Å²) in [6.45, 7) is 1.55. The van der Waals surface area contributed by atoms with Gasteiger partial charge in [0, 0.05) is 11.6 Å². The number of benzene rings is 1. The molecule has 0 aliphatic rings. The second-order valence-corrected chi connectivity index (χ2v) is 2.67. The highest BCUT2D eigenvalue weighted by atomic mass is 19.1. The molecule has 0 N–H and O–H groups in total. The zero-order valence-electron chi connectivity index (χ0n) is 7.05. The topological polar surface area (TPSA) is 17.1 Å². The van der Waals surface area contributed by atoms with Gasteiger partial charge in [0.25, 0.3) is 0 Å². The number of allylic oxidation sites excluding steroid dienone is 1. The molecule has 1 nitrogen and oxygen atoms in total. The maximum atomic E-state index is 12.9. The summed E-state index contributed by atoms with van der Waals surface area (Å²) < 4.78 is 25.4. The zero-order valence-corrected chi connectivity index (χ0v) is 7.05. The van der Waals surface area contributed by atoms with Crippen LogP contribution in [0.25, 0.3) is 6.08 Å². The van der Waals surface area contributed by atoms with E-state index < -0.39 is 11.6 Å². The molecule has 1 rings (SSSR count). The van der Waals surface area contributed by atoms with Crippen molar-refractivity contribution in [3.63, 3.8) is 0 Å². The third-order valence-corrected chi connectivity index (χ3v) is 1.53. The van der Waals surface area contributed by atoms with E-state index in [0.29, 0.717) is 11.9 Å². The van der Waals surface area contributed by atoms with E-state index in [0.717, 1.165) is 12.1 Å². The number of halogens is 2. The van der Waals surface area contributed by atoms with Gasteiger partial charge in [0.05, 0.1) is 0 Å². The van der Waals surface area contributed by atoms with E-state index in [1.165, 1.54) is 12.1 Å². The van der Waals surface area contributed by atoms with Crippen LogP contribution in [0, 0.1) is 11.6 Å². The number of hydrogen-bond acceptors (Lipinski definition) is 1. The van der Waals surface area contributed by atoms with Crippen molar-refractivity contribution in [1.82, 2.24) is 0 Å². The Morgan fingerprint density at radius 2 is 2.08 bits per heavy atom. The van der Waals surface area contributed by atoms with Crippen LogP contribution in [0.5, 0.6) is 0 Å². The summed E-state index contributed by atoms with van der Waals surface area (Å²) in [5.41, 5.74) is 0.608. The lowest BCUT2D eigenvalue weighted by atomic mass is 10.1. The van der Waals surface area contributed by atoms with Crippen molar-refractivity contribution >= 4 is 12.4 Å². The normalized spacial score (nSPS) is 11.5. The highest BCUT2D eigenvalue weighted by Crippen LogP contribution is 2.12. The Kier molecular flexibility index (Phi) is 2.90. The van der Waals surface area contributed by atoms with E-state index in [-0.39, 0.29) is 5.56 Å². The molecule has 1 aromatic rings. The van der Waals surface area contributed by atoms with Gasteiger partial charge in [-0.1, -0.05) is 0 Å². The number of aldehydes is 1. The molecule has 68 valence electrons. The van der Waals surface area contributed by atoms with Gasteiger partial charge < -0.3 is 0 Å². The first-order valence-corrected chi connectivity index (χ1v) is 3.72. The molecular weight excluding hydrogens is 174 g/mol. The van der Waals surface area contributed by atoms with Crippen molar-refractivity contribution in [3.05, 3.63) is 41.0 Å². The number of carbonyl (C=O) groups excluding carboxylic acids is 1. The van der Waals surface area contributed by atoms with Gasteiger partial charge >= 0.3 is 0 Å². The lowest BCUT2D eigenvalue weighted by Gasteiger charge is -1.96. The summed E-state index contributed by atoms with van der Waals surface area (Å²) in [4.78, 5) is 10.2. The molecule has 13 heavy (non-hydrogen) atoms. The van der Waals surface area contributed by atoms with E-state index in [2.05, 4.69) is 0 Å². The summed E-state index contributed by atoms with van der Waals surface area (Å²) in [6, 6.07) is 3.22. The average Bonchev–Trinajstić information content (AvgIpc) is 2.09. The van der Waals surface area contributed by atoms with Crippen LogP contribution < -0.4 is 0 Å². The molecule has 0 aromatic heterocycles. The Labute approximate surface area is 74.7 Å². The first-order valence-electron chi connectivity index (χ1n) is 3.72. The Hall–Kier alpha value is -1.51. The van der Waals surface area contributed by atoms with E-state index in [1.807, 2.05) is 0 Å². The minimum Gasteiger partial charge on any atom is -0.298 e. The third kappa shape index (κ3) is 2.47. The standard InChI is InChI=1S/C10H8F2O/c1-7(6-13)4-8-2-3-9(11)5-10(8)12/h2-6H,1H3. The number of hydrogen-bond donors (Lipinski definition) is 0. The minimum atomic E-state index is -0.666. The first kappa shape index (κ1) is 9.58. The molecule has 0 fully saturated rings. The van der Waals surface area contributed by atoms with E-state index in [1.54, 1.807) is 6.92 Å². The van der Waals surface area contributed by atoms with Gasteiger partial charge in [-0.3, -0.25) is 4.79 Å². The maximum absolute atomic E-state index is 12.9. The highest BCUT2D eigenvalue weighted by molar-refractivity contribution is 5.80. The van der Waals surface area contributed by atoms with Crippen molar-refractivity contribution in [3.8, 4) is 0 Å². The molecule has 0 amide bonds. The molecule has 0 spiro atoms. The smallest absolute Gasteiger partial charge is 0.145 e. The third-order valence-electron chi connectivity index (χ3n) is 1.53. The van der Waals surface area contributed by atoms with Gasteiger partial charge in [-0.15, -0.1) is 0 Å². The lowest BCUT2D eigenvalue weighted by molar-refractivity contribution is -0.104. The van der Waals surface area contributed by atoms with Crippen LogP contribution in [0.4, 0.5) is 8.78 Å². The summed E-state index contributed by atoms with van der Waals surface area (Å²) in [6.07, 6.45) is 1.98. The largest absolute Gasteiger partial charge is 0.298 e. The fourth-order valence-corrected chi connectivity index (χ4v) is 0.898. The quantitative estimate of drug-likeness (QED) is 0.507. The second kappa shape index (κ2) is 3.94. The Balaban J connectivity index is 3.09. The number of rotatable bonds is 2. The van der Waals surface area contributed by atoms with Crippen molar-refractivity contribution < 1.29 is 13.6 Å². The van der Waals surface area contributed by atoms with E-state index >= 15 is 0 Å². The molecule has 0 heterocycles. The number of carbonyl (C=O) groups is 1. The van der Waals surface area contributed by atoms with Crippen LogP contribution in [0.1, 0.15) is 12.5 Å². The molecule has 0 radical (unpaired) electrons. The Morgan fingerprint density at radius 3 is 2.62 bits per heavy atom. The van der Waals surface area contributed by atoms with Gasteiger partial charge in [-0.2, -0.15) is 0 Å². The summed E-state index contributed by atoms with van der Waals surface area (Å²) in [7, 11) is 0. The molecule has 0 aliphatic heterocycles. The summed E-state index contributed by atoms with van der Waals surface area (Å²) >= 11 is 0. The molecule has 0 aliphatic carbocycles. The van der Waals surface area contributed by atoms with Gasteiger partial charge in [0.15, 0.2) is 0 Å². The van der Waals surface area contributed by atoms with Crippen molar-refractivity contribution in [2.45, 2.75) is 6.92 Å². The van der Waals surface area contributed by atoms with Crippen molar-refractivity contribution in [1.29, 1.82) is 0 Å². The van der Waals surface area contributed by atoms with Crippen LogP contribution in [-0.4, -0.2) is 6.29 Å². The van der Waals surface area contributed by atoms with Crippen LogP contribution in [0.15, 0.2) is 23.8 Å². The molecule has 0 bridgehead atoms. The monoisotopic (exact) mass is 182 g/mol. The average molecular weight is 182 g/mol. The van der Waals surface area contributed by atoms with E-state index in [4.69, 9.17) is 0 Å². The Morgan fingerprint density at radius 1 is 1.38 bits per heavy atom. The minimum absolute atomic E-state index is 0.214. The van der Waals surface area contributed by atoms with Crippen LogP contribution in [0.2, 0.25) is 0 Å². The summed E-state index contributed by atoms with van der Waals surface area (Å²) in [5, 5.41) is 0. The van der Waals surface area contributed by atoms with Gasteiger partial charge in [0.1, 0.15) is 17.9 Å². The second-order valence-electron chi connectivity index (χ2n) is 2.67. The predicted molar refractivity (Wildman–Crippen MR) is 46.1 cm³/mol. The highest BCUT2D eigenvalue weighted by Gasteiger charge is 2.00. The lowest BCUT2D eigenvalue weighted by Crippen LogP contribution is -1.85. The van der Waals surface area contributed by atoms with Crippen LogP contribution >= 0.6 is 0 Å². The maximum Gasteiger partial charge on any atom is 0.145 e. The molecule has 0 unspecified atom stereocenters. The van der Waals surface area contributed by atoms with Crippen LogP contribution in [0.3, 0.4) is 0 Å². The molecule has 0 atom stereocenters. The predicted octanol–water partition coefficient (Wildman–Crippen LogP) is 2.57. The van der Waals surface area contributed by atoms with Crippen molar-refractivity contribution in [2.75, 3.05) is 0 Å². The van der Waals surface area contributed by atoms with Gasteiger partial charge in [-0.25, -0.2) is 8.78 Å². The van der Waals surface area contributed by atoms with Gasteiger partial charge in [0.2, 0.25) is 0 Å². The SMILES string of the molecule is CC(C=O)=Cc1ccc(F)cc1F. The van der Waals surface area contributed by atoms with Gasteiger partial charge in [-0.05, 0) is 30.7 Å². The fourth-order valence-electron chi connectivity index (χ4n) is 0.898. The zero-order chi connectivity index (χ0) is 9.84. The fraction of sp³-hybridized carbons (Fsp3) is 0.100. The Bertz CT molecular complexity index is 356. The summed E-state index contributed by atoms with van der Waals surface area (Å²) in [5.74, 6) is -1.29. The van der Waals surface area contributed by atoms with Crippen molar-refractivity contribution in [2.24, 2.45) is 0 Å².